The lowest BCUT2D eigenvalue weighted by atomic mass is 10.1. The highest BCUT2D eigenvalue weighted by molar-refractivity contribution is 5.11. The van der Waals surface area contributed by atoms with E-state index in [-0.39, 0.29) is 0 Å². The van der Waals surface area contributed by atoms with Gasteiger partial charge in [-0.15, -0.1) is 4.39 Å². The van der Waals surface area contributed by atoms with E-state index >= 15 is 0 Å². The van der Waals surface area contributed by atoms with Gasteiger partial charge in [-0.05, 0) is 31.6 Å². The summed E-state index contributed by atoms with van der Waals surface area (Å²) in [5.41, 5.74) is -0.991. The summed E-state index contributed by atoms with van der Waals surface area (Å²) in [6, 6.07) is 0. The fourth-order valence-electron chi connectivity index (χ4n) is 1.17. The van der Waals surface area contributed by atoms with Crippen LogP contribution in [0, 0.1) is 12.1 Å². The van der Waals surface area contributed by atoms with Crippen LogP contribution in [0.5, 0.6) is 0 Å². The van der Waals surface area contributed by atoms with Gasteiger partial charge in [0.15, 0.2) is 0 Å². The minimum atomic E-state index is -0.991. The van der Waals surface area contributed by atoms with E-state index in [9.17, 15) is 9.50 Å². The van der Waals surface area contributed by atoms with Crippen LogP contribution in [-0.4, -0.2) is 10.7 Å². The Morgan fingerprint density at radius 2 is 1.89 bits per heavy atom. The normalized spacial score (nSPS) is 22.9. The van der Waals surface area contributed by atoms with Gasteiger partial charge in [0.1, 0.15) is 11.8 Å². The average molecular weight is 128 g/mol. The summed E-state index contributed by atoms with van der Waals surface area (Å²) in [4.78, 5) is 0. The van der Waals surface area contributed by atoms with Gasteiger partial charge in [-0.1, -0.05) is 0 Å². The standard InChI is InChI=1S/C7H9FO/c8-6-5-7(9)3-1-2-4-7/h9H,1-4H2. The molecule has 50 valence electrons. The van der Waals surface area contributed by atoms with Crippen molar-refractivity contribution < 1.29 is 9.50 Å². The van der Waals surface area contributed by atoms with E-state index in [4.69, 9.17) is 0 Å². The zero-order valence-corrected chi connectivity index (χ0v) is 5.15. The summed E-state index contributed by atoms with van der Waals surface area (Å²) in [6.45, 7) is 0. The summed E-state index contributed by atoms with van der Waals surface area (Å²) in [7, 11) is 0. The Labute approximate surface area is 53.9 Å². The lowest BCUT2D eigenvalue weighted by Gasteiger charge is -2.11. The third-order valence-electron chi connectivity index (χ3n) is 1.71. The minimum absolute atomic E-state index is 0.629. The molecule has 1 rings (SSSR count). The maximum absolute atomic E-state index is 11.4. The molecule has 1 fully saturated rings. The Balaban J connectivity index is 2.58. The molecule has 9 heavy (non-hydrogen) atoms. The Kier molecular flexibility index (Phi) is 1.73. The summed E-state index contributed by atoms with van der Waals surface area (Å²) in [5, 5.41) is 9.28. The summed E-state index contributed by atoms with van der Waals surface area (Å²) >= 11 is 0. The van der Waals surface area contributed by atoms with Gasteiger partial charge in [-0.2, -0.15) is 0 Å². The molecule has 0 aromatic rings. The SMILES string of the molecule is OC1(C#CF)CCCC1. The highest BCUT2D eigenvalue weighted by Gasteiger charge is 2.28. The molecule has 1 nitrogen and oxygen atoms in total. The van der Waals surface area contributed by atoms with Crippen LogP contribution in [0.15, 0.2) is 0 Å². The van der Waals surface area contributed by atoms with Gasteiger partial charge < -0.3 is 5.11 Å². The van der Waals surface area contributed by atoms with Crippen molar-refractivity contribution in [1.29, 1.82) is 0 Å². The Hall–Kier alpha value is -0.550. The minimum Gasteiger partial charge on any atom is -0.378 e. The van der Waals surface area contributed by atoms with Gasteiger partial charge in [0.2, 0.25) is 0 Å². The number of hydrogen-bond acceptors (Lipinski definition) is 1. The number of hydrogen-bond donors (Lipinski definition) is 1. The third-order valence-corrected chi connectivity index (χ3v) is 1.71. The third kappa shape index (κ3) is 1.43. The van der Waals surface area contributed by atoms with E-state index in [2.05, 4.69) is 5.92 Å². The second kappa shape index (κ2) is 2.36. The Morgan fingerprint density at radius 3 is 2.33 bits per heavy atom. The van der Waals surface area contributed by atoms with E-state index in [1.165, 1.54) is 6.17 Å². The highest BCUT2D eigenvalue weighted by Crippen LogP contribution is 2.28. The van der Waals surface area contributed by atoms with E-state index in [0.717, 1.165) is 12.8 Å². The summed E-state index contributed by atoms with van der Waals surface area (Å²) < 4.78 is 11.4. The van der Waals surface area contributed by atoms with Crippen molar-refractivity contribution in [2.24, 2.45) is 0 Å². The second-order valence-electron chi connectivity index (χ2n) is 2.46. The molecule has 1 aliphatic rings. The number of halogens is 1. The molecule has 0 saturated heterocycles. The predicted molar refractivity (Wildman–Crippen MR) is 32.3 cm³/mol. The molecule has 1 aliphatic carbocycles. The van der Waals surface area contributed by atoms with Crippen molar-refractivity contribution in [1.82, 2.24) is 0 Å². The van der Waals surface area contributed by atoms with Crippen LogP contribution in [0.3, 0.4) is 0 Å². The molecule has 0 aromatic carbocycles. The lowest BCUT2D eigenvalue weighted by Crippen LogP contribution is -2.20. The van der Waals surface area contributed by atoms with E-state index in [0.29, 0.717) is 12.8 Å². The maximum Gasteiger partial charge on any atom is 0.128 e. The summed E-state index contributed by atoms with van der Waals surface area (Å²) in [5.74, 6) is 2.16. The van der Waals surface area contributed by atoms with Crippen molar-refractivity contribution in [2.75, 3.05) is 0 Å². The first kappa shape index (κ1) is 6.57. The van der Waals surface area contributed by atoms with Crippen molar-refractivity contribution in [3.8, 4) is 12.1 Å². The van der Waals surface area contributed by atoms with Crippen molar-refractivity contribution in [3.63, 3.8) is 0 Å². The zero-order chi connectivity index (χ0) is 6.74. The van der Waals surface area contributed by atoms with Gasteiger partial charge in [-0.25, -0.2) is 0 Å². The van der Waals surface area contributed by atoms with Gasteiger partial charge in [-0.3, -0.25) is 0 Å². The molecule has 0 amide bonds. The van der Waals surface area contributed by atoms with Crippen molar-refractivity contribution in [2.45, 2.75) is 31.3 Å². The zero-order valence-electron chi connectivity index (χ0n) is 5.15. The van der Waals surface area contributed by atoms with Crippen LogP contribution in [-0.2, 0) is 0 Å². The molecule has 1 saturated carbocycles. The van der Waals surface area contributed by atoms with Crippen LogP contribution in [0.2, 0.25) is 0 Å². The van der Waals surface area contributed by atoms with Gasteiger partial charge in [0.25, 0.3) is 0 Å². The molecule has 0 bridgehead atoms. The number of rotatable bonds is 0. The average Bonchev–Trinajstić information content (AvgIpc) is 2.16. The number of aliphatic hydroxyl groups is 1. The van der Waals surface area contributed by atoms with Gasteiger partial charge >= 0.3 is 0 Å². The second-order valence-corrected chi connectivity index (χ2v) is 2.46. The first-order chi connectivity index (χ1) is 4.27. The molecule has 0 aliphatic heterocycles. The molecule has 1 N–H and O–H groups in total. The molecular weight excluding hydrogens is 119 g/mol. The van der Waals surface area contributed by atoms with E-state index in [1.807, 2.05) is 0 Å². The maximum atomic E-state index is 11.4. The van der Waals surface area contributed by atoms with Crippen LogP contribution < -0.4 is 0 Å². The van der Waals surface area contributed by atoms with Crippen LogP contribution in [0.1, 0.15) is 25.7 Å². The molecule has 0 atom stereocenters. The molecule has 0 heterocycles. The quantitative estimate of drug-likeness (QED) is 0.486. The van der Waals surface area contributed by atoms with Crippen LogP contribution in [0.4, 0.5) is 4.39 Å². The largest absolute Gasteiger partial charge is 0.378 e. The van der Waals surface area contributed by atoms with E-state index < -0.39 is 5.60 Å². The smallest absolute Gasteiger partial charge is 0.128 e. The first-order valence-electron chi connectivity index (χ1n) is 3.12. The van der Waals surface area contributed by atoms with E-state index in [1.54, 1.807) is 0 Å². The monoisotopic (exact) mass is 128 g/mol. The van der Waals surface area contributed by atoms with Gasteiger partial charge in [0.05, 0.1) is 0 Å². The Morgan fingerprint density at radius 1 is 1.33 bits per heavy atom. The van der Waals surface area contributed by atoms with Crippen LogP contribution in [0.25, 0.3) is 0 Å². The first-order valence-corrected chi connectivity index (χ1v) is 3.12. The molecular formula is C7H9FO. The fourth-order valence-corrected chi connectivity index (χ4v) is 1.17. The topological polar surface area (TPSA) is 20.2 Å². The van der Waals surface area contributed by atoms with Crippen LogP contribution >= 0.6 is 0 Å². The molecule has 0 unspecified atom stereocenters. The molecule has 2 heteroatoms. The Bertz CT molecular complexity index is 148. The predicted octanol–water partition coefficient (Wildman–Crippen LogP) is 1.22. The lowest BCUT2D eigenvalue weighted by molar-refractivity contribution is 0.109. The van der Waals surface area contributed by atoms with Gasteiger partial charge in [0, 0.05) is 0 Å². The molecule has 0 aromatic heterocycles. The highest BCUT2D eigenvalue weighted by atomic mass is 19.1. The molecule has 0 spiro atoms. The van der Waals surface area contributed by atoms with Crippen molar-refractivity contribution >= 4 is 0 Å². The molecule has 0 radical (unpaired) electrons. The van der Waals surface area contributed by atoms with Crippen molar-refractivity contribution in [3.05, 3.63) is 0 Å². The fraction of sp³-hybridized carbons (Fsp3) is 0.714. The summed E-state index contributed by atoms with van der Waals surface area (Å²) in [6.07, 6.45) is 4.43.